The molecule has 208 valence electrons. The predicted octanol–water partition coefficient (Wildman–Crippen LogP) is 4.26. The number of hydrogen-bond acceptors (Lipinski definition) is 8. The normalized spacial score (nSPS) is 22.8. The van der Waals surface area contributed by atoms with Gasteiger partial charge < -0.3 is 15.0 Å². The standard InChI is InChI=1S/C29H30FN5O3S2/c30-20-7-10-24(32-15-20)28-33-25(22-3-1-2-4-23(22)27(36)34-29(16-31)17-38-18-29)26(39-28)19-5-8-21(9-6-19)35-11-13-40(37)14-12-35/h5-10,15,22-23H,1-4,11-14,17-18H2,(H,34,36)/t22-,23?/m1/s1. The molecule has 4 heterocycles. The Bertz CT molecular complexity index is 1440. The van der Waals surface area contributed by atoms with E-state index in [-0.39, 0.29) is 31.0 Å². The molecule has 0 spiro atoms. The summed E-state index contributed by atoms with van der Waals surface area (Å²) in [5, 5.41) is 13.3. The summed E-state index contributed by atoms with van der Waals surface area (Å²) >= 11 is 1.50. The molecule has 1 aliphatic carbocycles. The number of aromatic nitrogens is 2. The molecule has 1 N–H and O–H groups in total. The Morgan fingerprint density at radius 2 is 1.90 bits per heavy atom. The number of thiazole rings is 1. The van der Waals surface area contributed by atoms with Crippen molar-refractivity contribution in [3.63, 3.8) is 0 Å². The molecule has 2 saturated heterocycles. The number of nitrogens with zero attached hydrogens (tertiary/aromatic N) is 4. The fourth-order valence-electron chi connectivity index (χ4n) is 5.69. The molecule has 11 heteroatoms. The van der Waals surface area contributed by atoms with Crippen molar-refractivity contribution in [2.45, 2.75) is 37.1 Å². The van der Waals surface area contributed by atoms with E-state index in [2.05, 4.69) is 45.5 Å². The van der Waals surface area contributed by atoms with Crippen LogP contribution in [-0.4, -0.2) is 63.4 Å². The molecule has 2 aromatic heterocycles. The summed E-state index contributed by atoms with van der Waals surface area (Å²) in [6, 6.07) is 13.5. The predicted molar refractivity (Wildman–Crippen MR) is 153 cm³/mol. The molecule has 0 radical (unpaired) electrons. The highest BCUT2D eigenvalue weighted by Gasteiger charge is 2.44. The van der Waals surface area contributed by atoms with Crippen molar-refractivity contribution in [1.29, 1.82) is 5.26 Å². The lowest BCUT2D eigenvalue weighted by atomic mass is 9.76. The summed E-state index contributed by atoms with van der Waals surface area (Å²) in [5.74, 6) is 0.379. The van der Waals surface area contributed by atoms with Crippen LogP contribution in [0.25, 0.3) is 21.1 Å². The number of benzene rings is 1. The molecule has 2 atom stereocenters. The van der Waals surface area contributed by atoms with Crippen LogP contribution in [0.15, 0.2) is 42.6 Å². The largest absolute Gasteiger partial charge is 0.374 e. The SMILES string of the molecule is N#CC1(NC(=O)C2CCCC[C@H]2c2nc(-c3ccc(F)cn3)sc2-c2ccc(N3CCS(=O)CC3)cc2)COC1. The highest BCUT2D eigenvalue weighted by atomic mass is 32.2. The van der Waals surface area contributed by atoms with Crippen LogP contribution in [0.2, 0.25) is 0 Å². The van der Waals surface area contributed by atoms with Gasteiger partial charge in [0, 0.05) is 52.9 Å². The highest BCUT2D eigenvalue weighted by molar-refractivity contribution is 7.85. The Morgan fingerprint density at radius 1 is 1.15 bits per heavy atom. The van der Waals surface area contributed by atoms with Crippen molar-refractivity contribution >= 4 is 33.7 Å². The molecule has 40 heavy (non-hydrogen) atoms. The van der Waals surface area contributed by atoms with Crippen molar-refractivity contribution in [1.82, 2.24) is 15.3 Å². The van der Waals surface area contributed by atoms with E-state index in [0.29, 0.717) is 22.2 Å². The molecule has 8 nitrogen and oxygen atoms in total. The quantitative estimate of drug-likeness (QED) is 0.465. The summed E-state index contributed by atoms with van der Waals surface area (Å²) in [4.78, 5) is 26.1. The van der Waals surface area contributed by atoms with Gasteiger partial charge in [0.15, 0.2) is 5.54 Å². The number of anilines is 1. The minimum absolute atomic E-state index is 0.123. The van der Waals surface area contributed by atoms with Crippen LogP contribution in [0.4, 0.5) is 10.1 Å². The van der Waals surface area contributed by atoms with E-state index in [1.54, 1.807) is 6.07 Å². The summed E-state index contributed by atoms with van der Waals surface area (Å²) in [6.07, 6.45) is 4.64. The van der Waals surface area contributed by atoms with E-state index >= 15 is 0 Å². The molecule has 1 amide bonds. The average molecular weight is 580 g/mol. The Kier molecular flexibility index (Phi) is 7.66. The number of pyridine rings is 1. The molecular weight excluding hydrogens is 549 g/mol. The van der Waals surface area contributed by atoms with Gasteiger partial charge in [0.25, 0.3) is 0 Å². The van der Waals surface area contributed by atoms with Gasteiger partial charge in [0.1, 0.15) is 10.8 Å². The van der Waals surface area contributed by atoms with E-state index in [4.69, 9.17) is 9.72 Å². The summed E-state index contributed by atoms with van der Waals surface area (Å²) < 4.78 is 30.6. The maximum absolute atomic E-state index is 13.6. The molecule has 0 bridgehead atoms. The van der Waals surface area contributed by atoms with Crippen molar-refractivity contribution in [3.8, 4) is 27.2 Å². The molecule has 1 saturated carbocycles. The number of amides is 1. The monoisotopic (exact) mass is 579 g/mol. The molecular formula is C29H30FN5O3S2. The first kappa shape index (κ1) is 27.0. The lowest BCUT2D eigenvalue weighted by Crippen LogP contribution is -2.62. The van der Waals surface area contributed by atoms with Crippen LogP contribution in [0, 0.1) is 23.1 Å². The number of hydrogen-bond donors (Lipinski definition) is 1. The van der Waals surface area contributed by atoms with Crippen LogP contribution in [0.1, 0.15) is 37.3 Å². The molecule has 1 aromatic carbocycles. The van der Waals surface area contributed by atoms with Crippen LogP contribution in [0.3, 0.4) is 0 Å². The maximum atomic E-state index is 13.6. The molecule has 3 aliphatic rings. The molecule has 3 aromatic rings. The summed E-state index contributed by atoms with van der Waals surface area (Å²) in [7, 11) is -0.739. The maximum Gasteiger partial charge on any atom is 0.225 e. The Morgan fingerprint density at radius 3 is 2.55 bits per heavy atom. The van der Waals surface area contributed by atoms with E-state index in [1.165, 1.54) is 23.6 Å². The molecule has 3 fully saturated rings. The summed E-state index contributed by atoms with van der Waals surface area (Å²) in [6.45, 7) is 1.95. The van der Waals surface area contributed by atoms with Gasteiger partial charge in [-0.15, -0.1) is 11.3 Å². The van der Waals surface area contributed by atoms with Crippen LogP contribution < -0.4 is 10.2 Å². The van der Waals surface area contributed by atoms with Gasteiger partial charge in [-0.3, -0.25) is 14.0 Å². The number of halogens is 1. The van der Waals surface area contributed by atoms with Gasteiger partial charge in [0.05, 0.1) is 41.7 Å². The number of rotatable bonds is 6. The molecule has 1 unspecified atom stereocenters. The van der Waals surface area contributed by atoms with Crippen LogP contribution in [0.5, 0.6) is 0 Å². The fourth-order valence-corrected chi connectivity index (χ4v) is 7.86. The average Bonchev–Trinajstić information content (AvgIpc) is 3.41. The minimum atomic E-state index is -0.954. The zero-order chi connectivity index (χ0) is 27.7. The van der Waals surface area contributed by atoms with Crippen molar-refractivity contribution in [3.05, 3.63) is 54.1 Å². The first-order chi connectivity index (χ1) is 19.4. The van der Waals surface area contributed by atoms with Crippen molar-refractivity contribution in [2.75, 3.05) is 42.7 Å². The third-order valence-electron chi connectivity index (χ3n) is 8.00. The number of nitrogens with one attached hydrogen (secondary N) is 1. The summed E-state index contributed by atoms with van der Waals surface area (Å²) in [5.41, 5.74) is 2.57. The van der Waals surface area contributed by atoms with Crippen molar-refractivity contribution < 1.29 is 18.1 Å². The first-order valence-corrected chi connectivity index (χ1v) is 15.9. The van der Waals surface area contributed by atoms with E-state index in [1.807, 2.05) is 0 Å². The van der Waals surface area contributed by atoms with Crippen LogP contribution >= 0.6 is 11.3 Å². The highest BCUT2D eigenvalue weighted by Crippen LogP contribution is 2.46. The topological polar surface area (TPSA) is 108 Å². The van der Waals surface area contributed by atoms with Crippen LogP contribution in [-0.2, 0) is 20.3 Å². The van der Waals surface area contributed by atoms with Gasteiger partial charge in [-0.25, -0.2) is 9.37 Å². The van der Waals surface area contributed by atoms with E-state index in [0.717, 1.165) is 60.6 Å². The van der Waals surface area contributed by atoms with E-state index in [9.17, 15) is 18.7 Å². The smallest absolute Gasteiger partial charge is 0.225 e. The third kappa shape index (κ3) is 5.40. The Hall–Kier alpha value is -3.20. The van der Waals surface area contributed by atoms with Gasteiger partial charge in [0.2, 0.25) is 5.91 Å². The second kappa shape index (κ2) is 11.4. The molecule has 2 aliphatic heterocycles. The Labute approximate surface area is 239 Å². The second-order valence-electron chi connectivity index (χ2n) is 10.7. The van der Waals surface area contributed by atoms with E-state index < -0.39 is 22.2 Å². The number of nitriles is 1. The van der Waals surface area contributed by atoms with Gasteiger partial charge in [-0.05, 0) is 42.7 Å². The van der Waals surface area contributed by atoms with Gasteiger partial charge in [-0.2, -0.15) is 5.26 Å². The number of ether oxygens (including phenoxy) is 1. The first-order valence-electron chi connectivity index (χ1n) is 13.6. The third-order valence-corrected chi connectivity index (χ3v) is 10.4. The fraction of sp³-hybridized carbons (Fsp3) is 0.448. The molecule has 6 rings (SSSR count). The zero-order valence-corrected chi connectivity index (χ0v) is 23.6. The number of carbonyl (C=O) groups is 1. The minimum Gasteiger partial charge on any atom is -0.374 e. The van der Waals surface area contributed by atoms with Gasteiger partial charge in [-0.1, -0.05) is 25.0 Å². The Balaban J connectivity index is 1.35. The van der Waals surface area contributed by atoms with Crippen molar-refractivity contribution in [2.24, 2.45) is 5.92 Å². The second-order valence-corrected chi connectivity index (χ2v) is 13.3. The zero-order valence-electron chi connectivity index (χ0n) is 22.0. The van der Waals surface area contributed by atoms with Gasteiger partial charge >= 0.3 is 0 Å². The lowest BCUT2D eigenvalue weighted by molar-refractivity contribution is -0.134. The lowest BCUT2D eigenvalue weighted by Gasteiger charge is -2.38. The number of carbonyl (C=O) groups excluding carboxylic acids is 1.